The zero-order valence-electron chi connectivity index (χ0n) is 9.84. The molecule has 1 aliphatic rings. The first kappa shape index (κ1) is 11.0. The first-order chi connectivity index (χ1) is 7.63. The number of benzene rings is 1. The van der Waals surface area contributed by atoms with Gasteiger partial charge in [-0.05, 0) is 49.9 Å². The molecule has 86 valence electrons. The van der Waals surface area contributed by atoms with Crippen LogP contribution in [0, 0.1) is 13.8 Å². The normalized spacial score (nSPS) is 14.6. The Labute approximate surface area is 96.2 Å². The zero-order chi connectivity index (χ0) is 11.5. The van der Waals surface area contributed by atoms with Crippen molar-refractivity contribution >= 4 is 11.6 Å². The van der Waals surface area contributed by atoms with Gasteiger partial charge in [0.25, 0.3) is 0 Å². The molecule has 1 fully saturated rings. The minimum atomic E-state index is 0.0849. The molecular formula is C13H18N2O. The topological polar surface area (TPSA) is 41.1 Å². The summed E-state index contributed by atoms with van der Waals surface area (Å²) >= 11 is 0. The van der Waals surface area contributed by atoms with Crippen LogP contribution < -0.4 is 10.6 Å². The quantitative estimate of drug-likeness (QED) is 0.811. The van der Waals surface area contributed by atoms with Crippen LogP contribution in [0.1, 0.15) is 24.0 Å². The van der Waals surface area contributed by atoms with Crippen molar-refractivity contribution in [3.05, 3.63) is 29.3 Å². The van der Waals surface area contributed by atoms with E-state index < -0.39 is 0 Å². The Hall–Kier alpha value is -1.51. The molecule has 0 heterocycles. The molecule has 3 nitrogen and oxygen atoms in total. The van der Waals surface area contributed by atoms with Gasteiger partial charge in [0.15, 0.2) is 0 Å². The Bertz CT molecular complexity index is 377. The molecule has 2 N–H and O–H groups in total. The van der Waals surface area contributed by atoms with Gasteiger partial charge in [-0.1, -0.05) is 6.07 Å². The van der Waals surface area contributed by atoms with Gasteiger partial charge >= 0.3 is 0 Å². The van der Waals surface area contributed by atoms with Gasteiger partial charge in [0.2, 0.25) is 5.91 Å². The van der Waals surface area contributed by atoms with Crippen LogP contribution in [0.25, 0.3) is 0 Å². The fraction of sp³-hybridized carbons (Fsp3) is 0.462. The summed E-state index contributed by atoms with van der Waals surface area (Å²) in [4.78, 5) is 11.5. The van der Waals surface area contributed by atoms with Crippen molar-refractivity contribution in [3.8, 4) is 0 Å². The molecule has 0 aromatic heterocycles. The molecule has 0 aliphatic heterocycles. The third kappa shape index (κ3) is 3.26. The van der Waals surface area contributed by atoms with E-state index in [1.165, 1.54) is 11.1 Å². The lowest BCUT2D eigenvalue weighted by Crippen LogP contribution is -2.31. The average Bonchev–Trinajstić information content (AvgIpc) is 2.97. The molecule has 0 unspecified atom stereocenters. The van der Waals surface area contributed by atoms with E-state index in [-0.39, 0.29) is 5.91 Å². The molecule has 16 heavy (non-hydrogen) atoms. The highest BCUT2D eigenvalue weighted by Crippen LogP contribution is 2.18. The first-order valence-corrected chi connectivity index (χ1v) is 5.75. The van der Waals surface area contributed by atoms with E-state index in [0.717, 1.165) is 18.5 Å². The molecular weight excluding hydrogens is 200 g/mol. The number of amides is 1. The molecule has 0 atom stereocenters. The number of hydrogen-bond acceptors (Lipinski definition) is 2. The van der Waals surface area contributed by atoms with Crippen molar-refractivity contribution in [1.29, 1.82) is 0 Å². The summed E-state index contributed by atoms with van der Waals surface area (Å²) in [6.45, 7) is 4.48. The summed E-state index contributed by atoms with van der Waals surface area (Å²) in [7, 11) is 0. The van der Waals surface area contributed by atoms with Crippen LogP contribution in [-0.2, 0) is 4.79 Å². The Kier molecular flexibility index (Phi) is 3.13. The lowest BCUT2D eigenvalue weighted by molar-refractivity contribution is -0.119. The van der Waals surface area contributed by atoms with Crippen LogP contribution in [0.3, 0.4) is 0 Å². The fourth-order valence-electron chi connectivity index (χ4n) is 1.77. The number of nitrogens with one attached hydrogen (secondary N) is 2. The second-order valence-electron chi connectivity index (χ2n) is 4.57. The summed E-state index contributed by atoms with van der Waals surface area (Å²) in [6, 6.07) is 6.66. The summed E-state index contributed by atoms with van der Waals surface area (Å²) < 4.78 is 0. The molecule has 1 amide bonds. The number of hydrogen-bond donors (Lipinski definition) is 2. The molecule has 1 aromatic carbocycles. The number of carbonyl (C=O) groups excluding carboxylic acids is 1. The smallest absolute Gasteiger partial charge is 0.239 e. The molecule has 1 aliphatic carbocycles. The van der Waals surface area contributed by atoms with Crippen molar-refractivity contribution in [2.45, 2.75) is 32.7 Å². The largest absolute Gasteiger partial charge is 0.376 e. The predicted octanol–water partition coefficient (Wildman–Crippen LogP) is 1.99. The van der Waals surface area contributed by atoms with Crippen molar-refractivity contribution < 1.29 is 4.79 Å². The van der Waals surface area contributed by atoms with Gasteiger partial charge in [-0.3, -0.25) is 4.79 Å². The minimum Gasteiger partial charge on any atom is -0.376 e. The molecule has 0 bridgehead atoms. The SMILES string of the molecule is Cc1cc(C)cc(NCC(=O)NC2CC2)c1. The molecule has 1 saturated carbocycles. The van der Waals surface area contributed by atoms with Crippen LogP contribution in [0.4, 0.5) is 5.69 Å². The van der Waals surface area contributed by atoms with Gasteiger partial charge < -0.3 is 10.6 Å². The molecule has 0 spiro atoms. The lowest BCUT2D eigenvalue weighted by Gasteiger charge is -2.08. The van der Waals surface area contributed by atoms with Gasteiger partial charge in [-0.2, -0.15) is 0 Å². The van der Waals surface area contributed by atoms with Crippen molar-refractivity contribution in [2.75, 3.05) is 11.9 Å². The van der Waals surface area contributed by atoms with E-state index >= 15 is 0 Å². The first-order valence-electron chi connectivity index (χ1n) is 5.75. The maximum atomic E-state index is 11.5. The summed E-state index contributed by atoms with van der Waals surface area (Å²) in [5.41, 5.74) is 3.44. The molecule has 0 radical (unpaired) electrons. The Morgan fingerprint density at radius 2 is 1.88 bits per heavy atom. The third-order valence-electron chi connectivity index (χ3n) is 2.62. The minimum absolute atomic E-state index is 0.0849. The van der Waals surface area contributed by atoms with Crippen molar-refractivity contribution in [1.82, 2.24) is 5.32 Å². The van der Waals surface area contributed by atoms with E-state index in [1.807, 2.05) is 0 Å². The van der Waals surface area contributed by atoms with Gasteiger partial charge in [-0.15, -0.1) is 0 Å². The van der Waals surface area contributed by atoms with Crippen molar-refractivity contribution in [2.24, 2.45) is 0 Å². The summed E-state index contributed by atoms with van der Waals surface area (Å²) in [6.07, 6.45) is 2.27. The molecule has 3 heteroatoms. The maximum Gasteiger partial charge on any atom is 0.239 e. The number of anilines is 1. The van der Waals surface area contributed by atoms with Gasteiger partial charge in [0.1, 0.15) is 0 Å². The maximum absolute atomic E-state index is 11.5. The number of carbonyl (C=O) groups is 1. The van der Waals surface area contributed by atoms with Crippen LogP contribution in [0.2, 0.25) is 0 Å². The monoisotopic (exact) mass is 218 g/mol. The predicted molar refractivity (Wildman–Crippen MR) is 65.6 cm³/mol. The summed E-state index contributed by atoms with van der Waals surface area (Å²) in [5, 5.41) is 6.10. The third-order valence-corrected chi connectivity index (χ3v) is 2.62. The van der Waals surface area contributed by atoms with Crippen LogP contribution >= 0.6 is 0 Å². The Morgan fingerprint density at radius 3 is 2.44 bits per heavy atom. The second kappa shape index (κ2) is 4.56. The highest BCUT2D eigenvalue weighted by atomic mass is 16.2. The molecule has 1 aromatic rings. The van der Waals surface area contributed by atoms with E-state index in [0.29, 0.717) is 12.6 Å². The number of rotatable bonds is 4. The van der Waals surface area contributed by atoms with E-state index in [2.05, 4.69) is 42.7 Å². The van der Waals surface area contributed by atoms with Crippen LogP contribution in [-0.4, -0.2) is 18.5 Å². The summed E-state index contributed by atoms with van der Waals surface area (Å²) in [5.74, 6) is 0.0849. The molecule has 0 saturated heterocycles. The number of aryl methyl sites for hydroxylation is 2. The van der Waals surface area contributed by atoms with Crippen LogP contribution in [0.15, 0.2) is 18.2 Å². The zero-order valence-corrected chi connectivity index (χ0v) is 9.84. The van der Waals surface area contributed by atoms with E-state index in [1.54, 1.807) is 0 Å². The molecule has 2 rings (SSSR count). The van der Waals surface area contributed by atoms with E-state index in [9.17, 15) is 4.79 Å². The van der Waals surface area contributed by atoms with Gasteiger partial charge in [-0.25, -0.2) is 0 Å². The Balaban J connectivity index is 1.85. The van der Waals surface area contributed by atoms with Crippen LogP contribution in [0.5, 0.6) is 0 Å². The van der Waals surface area contributed by atoms with Gasteiger partial charge in [0.05, 0.1) is 6.54 Å². The highest BCUT2D eigenvalue weighted by molar-refractivity contribution is 5.81. The highest BCUT2D eigenvalue weighted by Gasteiger charge is 2.22. The Morgan fingerprint density at radius 1 is 1.25 bits per heavy atom. The van der Waals surface area contributed by atoms with E-state index in [4.69, 9.17) is 0 Å². The van der Waals surface area contributed by atoms with Gasteiger partial charge in [0, 0.05) is 11.7 Å². The van der Waals surface area contributed by atoms with Crippen molar-refractivity contribution in [3.63, 3.8) is 0 Å². The standard InChI is InChI=1S/C13H18N2O/c1-9-5-10(2)7-12(6-9)14-8-13(16)15-11-3-4-11/h5-7,11,14H,3-4,8H2,1-2H3,(H,15,16). The fourth-order valence-corrected chi connectivity index (χ4v) is 1.77. The lowest BCUT2D eigenvalue weighted by atomic mass is 10.1. The average molecular weight is 218 g/mol. The second-order valence-corrected chi connectivity index (χ2v) is 4.57.